The van der Waals surface area contributed by atoms with Crippen molar-refractivity contribution in [2.24, 2.45) is 0 Å². The van der Waals surface area contributed by atoms with Crippen LogP contribution in [0.2, 0.25) is 0 Å². The average molecular weight is 315 g/mol. The van der Waals surface area contributed by atoms with Gasteiger partial charge in [0.1, 0.15) is 11.5 Å². The van der Waals surface area contributed by atoms with E-state index in [1.807, 2.05) is 0 Å². The summed E-state index contributed by atoms with van der Waals surface area (Å²) in [4.78, 5) is 11.9. The van der Waals surface area contributed by atoms with Gasteiger partial charge in [0.2, 0.25) is 5.91 Å². The van der Waals surface area contributed by atoms with Gasteiger partial charge >= 0.3 is 0 Å². The van der Waals surface area contributed by atoms with Crippen LogP contribution in [-0.4, -0.2) is 24.2 Å². The van der Waals surface area contributed by atoms with E-state index in [2.05, 4.69) is 5.32 Å². The second kappa shape index (κ2) is 7.13. The molecule has 2 aromatic rings. The van der Waals surface area contributed by atoms with Gasteiger partial charge in [-0.2, -0.15) is 0 Å². The van der Waals surface area contributed by atoms with Gasteiger partial charge in [0.25, 0.3) is 0 Å². The van der Waals surface area contributed by atoms with Crippen molar-refractivity contribution in [3.05, 3.63) is 54.0 Å². The van der Waals surface area contributed by atoms with Gasteiger partial charge in [-0.1, -0.05) is 6.07 Å². The molecule has 2 heterocycles. The van der Waals surface area contributed by atoms with Gasteiger partial charge in [0.15, 0.2) is 6.29 Å². The molecule has 1 fully saturated rings. The van der Waals surface area contributed by atoms with Crippen LogP contribution in [0.5, 0.6) is 5.75 Å². The first-order valence-corrected chi connectivity index (χ1v) is 7.31. The van der Waals surface area contributed by atoms with Gasteiger partial charge in [-0.15, -0.1) is 0 Å². The van der Waals surface area contributed by atoms with E-state index in [1.54, 1.807) is 30.3 Å². The quantitative estimate of drug-likeness (QED) is 0.669. The van der Waals surface area contributed by atoms with E-state index >= 15 is 0 Å². The van der Waals surface area contributed by atoms with E-state index in [0.29, 0.717) is 24.7 Å². The van der Waals surface area contributed by atoms with Gasteiger partial charge < -0.3 is 24.3 Å². The normalized spacial score (nSPS) is 15.8. The maximum atomic E-state index is 11.9. The number of aromatic hydroxyl groups is 1. The molecular formula is C17H17NO5. The lowest BCUT2D eigenvalue weighted by molar-refractivity contribution is -0.183. The third-order valence-corrected chi connectivity index (χ3v) is 3.32. The Morgan fingerprint density at radius 2 is 2.09 bits per heavy atom. The van der Waals surface area contributed by atoms with Crippen LogP contribution < -0.4 is 5.32 Å². The molecule has 6 nitrogen and oxygen atoms in total. The van der Waals surface area contributed by atoms with E-state index < -0.39 is 6.29 Å². The average Bonchev–Trinajstić information content (AvgIpc) is 3.09. The highest BCUT2D eigenvalue weighted by Crippen LogP contribution is 2.30. The fourth-order valence-corrected chi connectivity index (χ4v) is 2.20. The number of carbonyl (C=O) groups excluding carboxylic acids is 1. The van der Waals surface area contributed by atoms with Crippen molar-refractivity contribution in [3.8, 4) is 5.75 Å². The molecule has 3 rings (SSSR count). The Bertz CT molecular complexity index is 687. The lowest BCUT2D eigenvalue weighted by Crippen LogP contribution is -2.18. The molecule has 6 heteroatoms. The predicted octanol–water partition coefficient (Wildman–Crippen LogP) is 3.07. The number of ether oxygens (including phenoxy) is 2. The highest BCUT2D eigenvalue weighted by atomic mass is 16.7. The summed E-state index contributed by atoms with van der Waals surface area (Å²) in [5.41, 5.74) is 1.04. The first kappa shape index (κ1) is 15.3. The summed E-state index contributed by atoms with van der Waals surface area (Å²) < 4.78 is 16.1. The summed E-state index contributed by atoms with van der Waals surface area (Å²) >= 11 is 0. The van der Waals surface area contributed by atoms with Crippen molar-refractivity contribution in [2.75, 3.05) is 18.5 Å². The summed E-state index contributed by atoms with van der Waals surface area (Å²) in [7, 11) is 0. The van der Waals surface area contributed by atoms with E-state index in [0.717, 1.165) is 12.0 Å². The van der Waals surface area contributed by atoms with Crippen LogP contribution in [0, 0.1) is 0 Å². The van der Waals surface area contributed by atoms with Gasteiger partial charge in [0, 0.05) is 11.6 Å². The molecule has 23 heavy (non-hydrogen) atoms. The highest BCUT2D eigenvalue weighted by Gasteiger charge is 2.18. The Morgan fingerprint density at radius 3 is 2.83 bits per heavy atom. The largest absolute Gasteiger partial charge is 0.506 e. The minimum absolute atomic E-state index is 0.0238. The molecule has 1 aromatic heterocycles. The first-order chi connectivity index (χ1) is 11.2. The minimum Gasteiger partial charge on any atom is -0.506 e. The maximum absolute atomic E-state index is 11.9. The number of hydrogen-bond donors (Lipinski definition) is 2. The Labute approximate surface area is 133 Å². The molecule has 1 saturated heterocycles. The summed E-state index contributed by atoms with van der Waals surface area (Å²) in [6, 6.07) is 8.32. The summed E-state index contributed by atoms with van der Waals surface area (Å²) in [5, 5.41) is 12.5. The van der Waals surface area contributed by atoms with Crippen LogP contribution in [0.15, 0.2) is 47.1 Å². The van der Waals surface area contributed by atoms with E-state index in [-0.39, 0.29) is 11.7 Å². The van der Waals surface area contributed by atoms with Crippen molar-refractivity contribution in [3.63, 3.8) is 0 Å². The number of nitrogens with one attached hydrogen (secondary N) is 1. The van der Waals surface area contributed by atoms with E-state index in [1.165, 1.54) is 18.4 Å². The fraction of sp³-hybridized carbons (Fsp3) is 0.235. The Kier molecular flexibility index (Phi) is 4.75. The number of phenolic OH excluding ortho intramolecular Hbond substituents is 1. The van der Waals surface area contributed by atoms with E-state index in [4.69, 9.17) is 13.9 Å². The summed E-state index contributed by atoms with van der Waals surface area (Å²) in [6.07, 6.45) is 4.79. The third-order valence-electron chi connectivity index (χ3n) is 3.32. The van der Waals surface area contributed by atoms with Crippen molar-refractivity contribution in [2.45, 2.75) is 12.7 Å². The number of rotatable bonds is 4. The number of benzene rings is 1. The zero-order chi connectivity index (χ0) is 16.1. The van der Waals surface area contributed by atoms with Gasteiger partial charge in [-0.05, 0) is 36.8 Å². The molecule has 0 radical (unpaired) electrons. The number of furan rings is 1. The lowest BCUT2D eigenvalue weighted by atomic mass is 10.1. The summed E-state index contributed by atoms with van der Waals surface area (Å²) in [6.45, 7) is 1.25. The molecule has 1 aliphatic heterocycles. The Balaban J connectivity index is 1.70. The Hall–Kier alpha value is -2.57. The minimum atomic E-state index is -0.473. The number of phenols is 1. The zero-order valence-corrected chi connectivity index (χ0v) is 12.4. The highest BCUT2D eigenvalue weighted by molar-refractivity contribution is 6.02. The van der Waals surface area contributed by atoms with Crippen LogP contribution in [0.25, 0.3) is 6.08 Å². The van der Waals surface area contributed by atoms with Gasteiger partial charge in [-0.3, -0.25) is 4.79 Å². The topological polar surface area (TPSA) is 80.9 Å². The number of anilines is 1. The maximum Gasteiger partial charge on any atom is 0.248 e. The molecule has 0 bridgehead atoms. The second-order valence-corrected chi connectivity index (χ2v) is 5.04. The SMILES string of the molecule is O=C(/C=C/c1ccco1)Nc1cc(C2OCCCO2)ccc1O. The molecule has 0 unspecified atom stereocenters. The smallest absolute Gasteiger partial charge is 0.248 e. The molecule has 1 aromatic carbocycles. The van der Waals surface area contributed by atoms with Crippen LogP contribution in [0.1, 0.15) is 24.0 Å². The van der Waals surface area contributed by atoms with Crippen LogP contribution >= 0.6 is 0 Å². The predicted molar refractivity (Wildman–Crippen MR) is 83.7 cm³/mol. The lowest BCUT2D eigenvalue weighted by Gasteiger charge is -2.24. The monoisotopic (exact) mass is 315 g/mol. The van der Waals surface area contributed by atoms with E-state index in [9.17, 15) is 9.90 Å². The molecule has 1 aliphatic rings. The van der Waals surface area contributed by atoms with Crippen LogP contribution in [-0.2, 0) is 14.3 Å². The number of hydrogen-bond acceptors (Lipinski definition) is 5. The Morgan fingerprint density at radius 1 is 1.26 bits per heavy atom. The van der Waals surface area contributed by atoms with Crippen molar-refractivity contribution < 1.29 is 23.8 Å². The molecule has 0 aliphatic carbocycles. The zero-order valence-electron chi connectivity index (χ0n) is 12.4. The number of amides is 1. The summed E-state index contributed by atoms with van der Waals surface area (Å²) in [5.74, 6) is 0.172. The molecule has 0 saturated carbocycles. The molecule has 2 N–H and O–H groups in total. The molecule has 0 atom stereocenters. The third kappa shape index (κ3) is 4.00. The molecular weight excluding hydrogens is 298 g/mol. The number of carbonyl (C=O) groups is 1. The van der Waals surface area contributed by atoms with Gasteiger partial charge in [-0.25, -0.2) is 0 Å². The first-order valence-electron chi connectivity index (χ1n) is 7.31. The standard InChI is InChI=1S/C17H17NO5/c19-15-6-4-12(17-22-9-2-10-23-17)11-14(15)18-16(20)7-5-13-3-1-8-21-13/h1,3-8,11,17,19H,2,9-10H2,(H,18,20)/b7-5+. The molecule has 0 spiro atoms. The second-order valence-electron chi connectivity index (χ2n) is 5.04. The van der Waals surface area contributed by atoms with Crippen molar-refractivity contribution >= 4 is 17.7 Å². The van der Waals surface area contributed by atoms with Crippen molar-refractivity contribution in [1.29, 1.82) is 0 Å². The van der Waals surface area contributed by atoms with Gasteiger partial charge in [0.05, 0.1) is 25.2 Å². The molecule has 1 amide bonds. The van der Waals surface area contributed by atoms with Crippen LogP contribution in [0.4, 0.5) is 5.69 Å². The van der Waals surface area contributed by atoms with Crippen molar-refractivity contribution in [1.82, 2.24) is 0 Å². The molecule has 120 valence electrons. The fourth-order valence-electron chi connectivity index (χ4n) is 2.20. The van der Waals surface area contributed by atoms with Crippen LogP contribution in [0.3, 0.4) is 0 Å².